The van der Waals surface area contributed by atoms with Gasteiger partial charge in [-0.3, -0.25) is 9.78 Å². The minimum atomic E-state index is -5.15. The zero-order chi connectivity index (χ0) is 13.9. The number of rotatable bonds is 4. The topological polar surface area (TPSA) is 39.2 Å². The molecule has 0 aromatic carbocycles. The standard InChI is InChI=1S/C9H5BrF5NO2/c10-1-5-4(3-17)2-16-6(8(11)12)7(5)18-9(13,14)15/h2-3,8H,1H2. The molecule has 0 N–H and O–H groups in total. The van der Waals surface area contributed by atoms with E-state index in [1.807, 2.05) is 0 Å². The van der Waals surface area contributed by atoms with Crippen LogP contribution in [0.2, 0.25) is 0 Å². The van der Waals surface area contributed by atoms with Crippen molar-refractivity contribution >= 4 is 22.2 Å². The maximum atomic E-state index is 12.5. The molecule has 100 valence electrons. The van der Waals surface area contributed by atoms with Gasteiger partial charge in [-0.15, -0.1) is 13.2 Å². The smallest absolute Gasteiger partial charge is 0.403 e. The highest BCUT2D eigenvalue weighted by molar-refractivity contribution is 9.08. The van der Waals surface area contributed by atoms with Crippen molar-refractivity contribution in [3.63, 3.8) is 0 Å². The van der Waals surface area contributed by atoms with E-state index in [4.69, 9.17) is 0 Å². The van der Waals surface area contributed by atoms with E-state index in [-0.39, 0.29) is 22.7 Å². The molecular formula is C9H5BrF5NO2. The average molecular weight is 334 g/mol. The Labute approximate surface area is 106 Å². The molecule has 0 aliphatic heterocycles. The molecular weight excluding hydrogens is 329 g/mol. The van der Waals surface area contributed by atoms with E-state index < -0.39 is 24.2 Å². The Bertz CT molecular complexity index is 449. The first-order valence-electron chi connectivity index (χ1n) is 4.37. The summed E-state index contributed by atoms with van der Waals surface area (Å²) in [6, 6.07) is 0. The van der Waals surface area contributed by atoms with Crippen LogP contribution in [0.15, 0.2) is 6.20 Å². The summed E-state index contributed by atoms with van der Waals surface area (Å²) in [5.74, 6) is -1.14. The van der Waals surface area contributed by atoms with Crippen LogP contribution in [0.25, 0.3) is 0 Å². The highest BCUT2D eigenvalue weighted by atomic mass is 79.9. The first-order chi connectivity index (χ1) is 8.30. The van der Waals surface area contributed by atoms with E-state index in [0.29, 0.717) is 0 Å². The fourth-order valence-corrected chi connectivity index (χ4v) is 1.76. The van der Waals surface area contributed by atoms with Crippen LogP contribution in [0, 0.1) is 0 Å². The van der Waals surface area contributed by atoms with Crippen LogP contribution in [0.1, 0.15) is 28.0 Å². The molecule has 18 heavy (non-hydrogen) atoms. The lowest BCUT2D eigenvalue weighted by Gasteiger charge is -2.16. The quantitative estimate of drug-likeness (QED) is 0.480. The number of halogens is 6. The number of aldehydes is 1. The zero-order valence-corrected chi connectivity index (χ0v) is 10.1. The van der Waals surface area contributed by atoms with E-state index in [9.17, 15) is 26.7 Å². The summed E-state index contributed by atoms with van der Waals surface area (Å²) >= 11 is 2.81. The van der Waals surface area contributed by atoms with Crippen LogP contribution in [0.5, 0.6) is 5.75 Å². The Kier molecular flexibility index (Phi) is 4.60. The van der Waals surface area contributed by atoms with Gasteiger partial charge in [0.1, 0.15) is 5.69 Å². The van der Waals surface area contributed by atoms with Gasteiger partial charge in [0, 0.05) is 22.7 Å². The number of pyridine rings is 1. The third kappa shape index (κ3) is 3.37. The van der Waals surface area contributed by atoms with Crippen molar-refractivity contribution in [2.24, 2.45) is 0 Å². The zero-order valence-electron chi connectivity index (χ0n) is 8.47. The predicted molar refractivity (Wildman–Crippen MR) is 53.9 cm³/mol. The van der Waals surface area contributed by atoms with Gasteiger partial charge in [-0.25, -0.2) is 8.78 Å². The monoisotopic (exact) mass is 333 g/mol. The lowest BCUT2D eigenvalue weighted by molar-refractivity contribution is -0.275. The second-order valence-electron chi connectivity index (χ2n) is 3.01. The number of alkyl halides is 6. The Morgan fingerprint density at radius 2 is 2.06 bits per heavy atom. The van der Waals surface area contributed by atoms with E-state index >= 15 is 0 Å². The van der Waals surface area contributed by atoms with Crippen molar-refractivity contribution in [3.8, 4) is 5.75 Å². The summed E-state index contributed by atoms with van der Waals surface area (Å²) in [6.45, 7) is 0. The molecule has 1 rings (SSSR count). The van der Waals surface area contributed by atoms with Crippen LogP contribution in [0.4, 0.5) is 22.0 Å². The largest absolute Gasteiger partial charge is 0.573 e. The number of hydrogen-bond acceptors (Lipinski definition) is 3. The fraction of sp³-hybridized carbons (Fsp3) is 0.333. The van der Waals surface area contributed by atoms with Crippen molar-refractivity contribution in [2.75, 3.05) is 0 Å². The summed E-state index contributed by atoms with van der Waals surface area (Å²) in [4.78, 5) is 13.7. The second kappa shape index (κ2) is 5.59. The van der Waals surface area contributed by atoms with Gasteiger partial charge in [-0.05, 0) is 0 Å². The SMILES string of the molecule is O=Cc1cnc(C(F)F)c(OC(F)(F)F)c1CBr. The lowest BCUT2D eigenvalue weighted by Crippen LogP contribution is -2.20. The Morgan fingerprint density at radius 3 is 2.44 bits per heavy atom. The minimum absolute atomic E-state index is 0.210. The van der Waals surface area contributed by atoms with Gasteiger partial charge in [0.05, 0.1) is 0 Å². The first kappa shape index (κ1) is 14.8. The second-order valence-corrected chi connectivity index (χ2v) is 3.57. The van der Waals surface area contributed by atoms with E-state index in [1.165, 1.54) is 0 Å². The van der Waals surface area contributed by atoms with E-state index in [0.717, 1.165) is 6.20 Å². The summed E-state index contributed by atoms with van der Waals surface area (Å²) in [5.41, 5.74) is -1.74. The molecule has 0 saturated carbocycles. The van der Waals surface area contributed by atoms with Crippen LogP contribution in [0.3, 0.4) is 0 Å². The number of ether oxygens (including phenoxy) is 1. The molecule has 0 aliphatic rings. The molecule has 0 bridgehead atoms. The Balaban J connectivity index is 3.43. The van der Waals surface area contributed by atoms with Crippen LogP contribution >= 0.6 is 15.9 Å². The molecule has 3 nitrogen and oxygen atoms in total. The molecule has 0 saturated heterocycles. The van der Waals surface area contributed by atoms with Gasteiger partial charge in [0.25, 0.3) is 6.43 Å². The van der Waals surface area contributed by atoms with Crippen LogP contribution < -0.4 is 4.74 Å². The number of hydrogen-bond donors (Lipinski definition) is 0. The van der Waals surface area contributed by atoms with Gasteiger partial charge >= 0.3 is 6.36 Å². The molecule has 0 radical (unpaired) electrons. The van der Waals surface area contributed by atoms with Gasteiger partial charge in [-0.2, -0.15) is 0 Å². The fourth-order valence-electron chi connectivity index (χ4n) is 1.19. The molecule has 0 fully saturated rings. The van der Waals surface area contributed by atoms with Gasteiger partial charge in [0.2, 0.25) is 0 Å². The molecule has 0 aliphatic carbocycles. The summed E-state index contributed by atoms with van der Waals surface area (Å²) in [5, 5.41) is -0.255. The van der Waals surface area contributed by atoms with E-state index in [2.05, 4.69) is 25.7 Å². The average Bonchev–Trinajstić information content (AvgIpc) is 2.25. The normalized spacial score (nSPS) is 11.7. The maximum Gasteiger partial charge on any atom is 0.573 e. The molecule has 9 heteroatoms. The first-order valence-corrected chi connectivity index (χ1v) is 5.49. The highest BCUT2D eigenvalue weighted by Crippen LogP contribution is 2.36. The number of nitrogens with zero attached hydrogens (tertiary/aromatic N) is 1. The van der Waals surface area contributed by atoms with Crippen LogP contribution in [-0.2, 0) is 5.33 Å². The molecule has 0 atom stereocenters. The van der Waals surface area contributed by atoms with Crippen molar-refractivity contribution in [1.82, 2.24) is 4.98 Å². The van der Waals surface area contributed by atoms with Crippen molar-refractivity contribution < 1.29 is 31.5 Å². The predicted octanol–water partition coefficient (Wildman–Crippen LogP) is 3.63. The number of carbonyl (C=O) groups excluding carboxylic acids is 1. The highest BCUT2D eigenvalue weighted by Gasteiger charge is 2.35. The van der Waals surface area contributed by atoms with E-state index in [1.54, 1.807) is 0 Å². The van der Waals surface area contributed by atoms with Crippen molar-refractivity contribution in [3.05, 3.63) is 23.0 Å². The van der Waals surface area contributed by atoms with Crippen LogP contribution in [-0.4, -0.2) is 17.6 Å². The molecule has 0 amide bonds. The van der Waals surface area contributed by atoms with Crippen molar-refractivity contribution in [1.29, 1.82) is 0 Å². The van der Waals surface area contributed by atoms with Gasteiger partial charge in [-0.1, -0.05) is 15.9 Å². The third-order valence-corrected chi connectivity index (χ3v) is 2.44. The summed E-state index contributed by atoms with van der Waals surface area (Å²) in [7, 11) is 0. The molecule has 1 aromatic rings. The number of carbonyl (C=O) groups is 1. The third-order valence-electron chi connectivity index (χ3n) is 1.88. The molecule has 0 unspecified atom stereocenters. The Hall–Kier alpha value is -1.25. The Morgan fingerprint density at radius 1 is 1.44 bits per heavy atom. The number of aromatic nitrogens is 1. The lowest BCUT2D eigenvalue weighted by atomic mass is 10.1. The summed E-state index contributed by atoms with van der Waals surface area (Å²) < 4.78 is 65.0. The van der Waals surface area contributed by atoms with Gasteiger partial charge < -0.3 is 4.74 Å². The maximum absolute atomic E-state index is 12.5. The summed E-state index contributed by atoms with van der Waals surface area (Å²) in [6.07, 6.45) is -7.42. The molecule has 0 spiro atoms. The van der Waals surface area contributed by atoms with Crippen molar-refractivity contribution in [2.45, 2.75) is 18.1 Å². The molecule has 1 heterocycles. The van der Waals surface area contributed by atoms with Gasteiger partial charge in [0.15, 0.2) is 12.0 Å². The molecule has 1 aromatic heterocycles. The minimum Gasteiger partial charge on any atom is -0.403 e.